The quantitative estimate of drug-likeness (QED) is 0.426. The Morgan fingerprint density at radius 3 is 2.68 bits per heavy atom. The maximum absolute atomic E-state index is 14.4. The normalized spacial score (nSPS) is 13.9. The second kappa shape index (κ2) is 9.02. The minimum absolute atomic E-state index is 0.0933. The number of nitrogen functional groups attached to an aromatic ring is 1. The molecular formula is C23H20F2N8O. The maximum atomic E-state index is 14.4. The topological polar surface area (TPSA) is 115 Å². The van der Waals surface area contributed by atoms with E-state index in [2.05, 4.69) is 30.6 Å². The highest BCUT2D eigenvalue weighted by molar-refractivity contribution is 5.77. The van der Waals surface area contributed by atoms with E-state index in [1.54, 1.807) is 18.3 Å². The van der Waals surface area contributed by atoms with Gasteiger partial charge in [-0.1, -0.05) is 18.2 Å². The van der Waals surface area contributed by atoms with Gasteiger partial charge in [-0.15, -0.1) is 10.0 Å². The second-order valence-electron chi connectivity index (χ2n) is 8.06. The molecule has 9 nitrogen and oxygen atoms in total. The van der Waals surface area contributed by atoms with Gasteiger partial charge in [-0.3, -0.25) is 4.90 Å². The van der Waals surface area contributed by atoms with Crippen molar-refractivity contribution in [2.45, 2.75) is 19.4 Å². The molecule has 2 N–H and O–H groups in total. The fourth-order valence-corrected chi connectivity index (χ4v) is 4.13. The molecule has 0 aliphatic carbocycles. The lowest BCUT2D eigenvalue weighted by Gasteiger charge is -2.16. The Morgan fingerprint density at radius 1 is 1.06 bits per heavy atom. The molecule has 2 aromatic heterocycles. The fraction of sp³-hybridized carbons (Fsp3) is 0.217. The molecule has 0 radical (unpaired) electrons. The number of benzene rings is 2. The van der Waals surface area contributed by atoms with Crippen molar-refractivity contribution in [3.8, 4) is 28.2 Å². The highest BCUT2D eigenvalue weighted by atomic mass is 19.2. The van der Waals surface area contributed by atoms with Gasteiger partial charge >= 0.3 is 0 Å². The van der Waals surface area contributed by atoms with Crippen LogP contribution in [0.15, 0.2) is 53.8 Å². The third-order valence-corrected chi connectivity index (χ3v) is 5.90. The number of pyridine rings is 1. The zero-order valence-electron chi connectivity index (χ0n) is 18.0. The summed E-state index contributed by atoms with van der Waals surface area (Å²) in [5.74, 6) is -1.91. The highest BCUT2D eigenvalue weighted by Gasteiger charge is 2.20. The van der Waals surface area contributed by atoms with Crippen LogP contribution in [0, 0.1) is 16.5 Å². The molecule has 1 fully saturated rings. The van der Waals surface area contributed by atoms with E-state index in [0.717, 1.165) is 42.2 Å². The number of rotatable bonds is 6. The van der Waals surface area contributed by atoms with Gasteiger partial charge in [-0.05, 0) is 76.9 Å². The molecule has 2 aromatic carbocycles. The zero-order valence-corrected chi connectivity index (χ0v) is 18.0. The third kappa shape index (κ3) is 4.01. The summed E-state index contributed by atoms with van der Waals surface area (Å²) in [5, 5.41) is 14.6. The molecule has 34 heavy (non-hydrogen) atoms. The Balaban J connectivity index is 1.53. The van der Waals surface area contributed by atoms with Crippen molar-refractivity contribution in [3.63, 3.8) is 0 Å². The summed E-state index contributed by atoms with van der Waals surface area (Å²) in [6, 6.07) is 10.9. The first-order valence-electron chi connectivity index (χ1n) is 10.7. The zero-order chi connectivity index (χ0) is 23.7. The van der Waals surface area contributed by atoms with Crippen molar-refractivity contribution < 1.29 is 8.78 Å². The van der Waals surface area contributed by atoms with Gasteiger partial charge in [0.05, 0.1) is 5.56 Å². The number of nitrogens with two attached hydrogens (primary N) is 1. The van der Waals surface area contributed by atoms with Crippen molar-refractivity contribution in [2.24, 2.45) is 5.18 Å². The minimum Gasteiger partial charge on any atom is -0.383 e. The van der Waals surface area contributed by atoms with Gasteiger partial charge in [0.2, 0.25) is 0 Å². The van der Waals surface area contributed by atoms with Crippen LogP contribution >= 0.6 is 0 Å². The smallest absolute Gasteiger partial charge is 0.190 e. The molecule has 11 heteroatoms. The molecule has 0 atom stereocenters. The van der Waals surface area contributed by atoms with Crippen molar-refractivity contribution in [2.75, 3.05) is 18.8 Å². The van der Waals surface area contributed by atoms with Gasteiger partial charge in [0.15, 0.2) is 17.5 Å². The van der Waals surface area contributed by atoms with E-state index in [4.69, 9.17) is 5.73 Å². The molecule has 0 spiro atoms. The van der Waals surface area contributed by atoms with Crippen LogP contribution in [0.3, 0.4) is 0 Å². The van der Waals surface area contributed by atoms with Crippen LogP contribution in [0.25, 0.3) is 28.2 Å². The Morgan fingerprint density at radius 2 is 1.88 bits per heavy atom. The molecular weight excluding hydrogens is 442 g/mol. The minimum atomic E-state index is -1.09. The lowest BCUT2D eigenvalue weighted by atomic mass is 10.0. The van der Waals surface area contributed by atoms with Gasteiger partial charge in [0.1, 0.15) is 17.2 Å². The average molecular weight is 462 g/mol. The van der Waals surface area contributed by atoms with Crippen LogP contribution in [-0.2, 0) is 6.54 Å². The van der Waals surface area contributed by atoms with Crippen LogP contribution in [0.2, 0.25) is 0 Å². The molecule has 1 aliphatic rings. The van der Waals surface area contributed by atoms with Crippen LogP contribution in [-0.4, -0.2) is 43.2 Å². The summed E-state index contributed by atoms with van der Waals surface area (Å²) in [7, 11) is 0. The molecule has 5 rings (SSSR count). The van der Waals surface area contributed by atoms with E-state index in [9.17, 15) is 13.7 Å². The Hall–Kier alpha value is -4.12. The molecule has 0 amide bonds. The molecule has 3 heterocycles. The largest absolute Gasteiger partial charge is 0.383 e. The lowest BCUT2D eigenvalue weighted by molar-refractivity contribution is 0.332. The summed E-state index contributed by atoms with van der Waals surface area (Å²) in [6.07, 6.45) is 3.86. The van der Waals surface area contributed by atoms with Gasteiger partial charge in [0.25, 0.3) is 0 Å². The monoisotopic (exact) mass is 462 g/mol. The SMILES string of the molecule is Nc1ncc(-c2ccc(CN3CCCC3)c(N=O)c2)cc1-c1nnnn1-c1cccc(F)c1F. The molecule has 0 saturated carbocycles. The van der Waals surface area contributed by atoms with E-state index < -0.39 is 11.6 Å². The lowest BCUT2D eigenvalue weighted by Crippen LogP contribution is -2.18. The Kier molecular flexibility index (Phi) is 5.76. The Bertz CT molecular complexity index is 1370. The van der Waals surface area contributed by atoms with E-state index in [1.807, 2.05) is 12.1 Å². The van der Waals surface area contributed by atoms with E-state index in [-0.39, 0.29) is 17.3 Å². The van der Waals surface area contributed by atoms with E-state index in [0.29, 0.717) is 28.9 Å². The number of likely N-dealkylation sites (tertiary alicyclic amines) is 1. The van der Waals surface area contributed by atoms with Crippen LogP contribution in [0.1, 0.15) is 18.4 Å². The molecule has 4 aromatic rings. The van der Waals surface area contributed by atoms with Crippen molar-refractivity contribution >= 4 is 11.5 Å². The molecule has 0 unspecified atom stereocenters. The highest BCUT2D eigenvalue weighted by Crippen LogP contribution is 2.33. The molecule has 172 valence electrons. The fourth-order valence-electron chi connectivity index (χ4n) is 4.13. The van der Waals surface area contributed by atoms with Crippen molar-refractivity contribution in [1.82, 2.24) is 30.1 Å². The summed E-state index contributed by atoms with van der Waals surface area (Å²) < 4.78 is 29.2. The van der Waals surface area contributed by atoms with Gasteiger partial charge < -0.3 is 5.73 Å². The maximum Gasteiger partial charge on any atom is 0.190 e. The number of hydrogen-bond acceptors (Lipinski definition) is 8. The number of aromatic nitrogens is 5. The van der Waals surface area contributed by atoms with Crippen LogP contribution in [0.4, 0.5) is 20.3 Å². The predicted octanol–water partition coefficient (Wildman–Crippen LogP) is 4.25. The van der Waals surface area contributed by atoms with Gasteiger partial charge in [0, 0.05) is 18.3 Å². The second-order valence-corrected chi connectivity index (χ2v) is 8.06. The number of hydrogen-bond donors (Lipinski definition) is 1. The molecule has 1 saturated heterocycles. The van der Waals surface area contributed by atoms with E-state index in [1.165, 1.54) is 12.1 Å². The number of nitrogens with zero attached hydrogens (tertiary/aromatic N) is 7. The summed E-state index contributed by atoms with van der Waals surface area (Å²) in [6.45, 7) is 2.68. The first-order chi connectivity index (χ1) is 16.5. The predicted molar refractivity (Wildman–Crippen MR) is 122 cm³/mol. The standard InChI is InChI=1S/C23H20F2N8O/c24-18-4-3-5-20(21(18)25)33-23(28-30-31-33)17-10-16(12-27-22(17)26)14-6-7-15(19(11-14)29-34)13-32-8-1-2-9-32/h3-7,10-12H,1-2,8-9,13H2,(H2,26,27). The third-order valence-electron chi connectivity index (χ3n) is 5.90. The van der Waals surface area contributed by atoms with Gasteiger partial charge in [-0.25, -0.2) is 13.8 Å². The number of nitroso groups, excluding NO2 is 1. The van der Waals surface area contributed by atoms with Gasteiger partial charge in [-0.2, -0.15) is 4.68 Å². The van der Waals surface area contributed by atoms with Crippen LogP contribution in [0.5, 0.6) is 0 Å². The number of tetrazole rings is 1. The molecule has 1 aliphatic heterocycles. The van der Waals surface area contributed by atoms with Crippen LogP contribution < -0.4 is 5.73 Å². The summed E-state index contributed by atoms with van der Waals surface area (Å²) >= 11 is 0. The molecule has 0 bridgehead atoms. The first kappa shape index (κ1) is 21.7. The Labute approximate surface area is 193 Å². The average Bonchev–Trinajstić information content (AvgIpc) is 3.54. The van der Waals surface area contributed by atoms with E-state index >= 15 is 0 Å². The van der Waals surface area contributed by atoms with Crippen molar-refractivity contribution in [3.05, 3.63) is 70.8 Å². The summed E-state index contributed by atoms with van der Waals surface area (Å²) in [4.78, 5) is 18.1. The van der Waals surface area contributed by atoms with Crippen molar-refractivity contribution in [1.29, 1.82) is 0 Å². The number of anilines is 1. The first-order valence-corrected chi connectivity index (χ1v) is 10.7. The number of halogens is 2. The summed E-state index contributed by atoms with van der Waals surface area (Å²) in [5.41, 5.74) is 8.79.